The minimum atomic E-state index is -0.0534. The van der Waals surface area contributed by atoms with Gasteiger partial charge in [-0.1, -0.05) is 24.3 Å². The molecule has 0 bridgehead atoms. The van der Waals surface area contributed by atoms with E-state index in [0.717, 1.165) is 16.5 Å². The fourth-order valence-electron chi connectivity index (χ4n) is 2.86. The van der Waals surface area contributed by atoms with Gasteiger partial charge in [0.1, 0.15) is 5.52 Å². The van der Waals surface area contributed by atoms with E-state index in [1.165, 1.54) is 0 Å². The van der Waals surface area contributed by atoms with Crippen LogP contribution in [0.25, 0.3) is 22.0 Å². The van der Waals surface area contributed by atoms with Crippen molar-refractivity contribution in [3.63, 3.8) is 0 Å². The van der Waals surface area contributed by atoms with Crippen LogP contribution in [0.15, 0.2) is 59.7 Å². The van der Waals surface area contributed by atoms with E-state index in [0.29, 0.717) is 17.6 Å². The summed E-state index contributed by atoms with van der Waals surface area (Å²) in [5, 5.41) is 0.858. The second-order valence-corrected chi connectivity index (χ2v) is 6.12. The van der Waals surface area contributed by atoms with Crippen molar-refractivity contribution < 1.29 is 4.79 Å². The number of nitrogens with one attached hydrogen (secondary N) is 1. The number of carbonyl (C=O) groups excluding carboxylic acids is 1. The molecule has 25 heavy (non-hydrogen) atoms. The van der Waals surface area contributed by atoms with E-state index in [2.05, 4.69) is 4.98 Å². The second kappa shape index (κ2) is 6.81. The molecule has 0 saturated carbocycles. The molecule has 1 N–H and O–H groups in total. The number of rotatable bonds is 4. The first-order chi connectivity index (χ1) is 12.0. The summed E-state index contributed by atoms with van der Waals surface area (Å²) in [5.41, 5.74) is 2.98. The Morgan fingerprint density at radius 2 is 2.08 bits per heavy atom. The van der Waals surface area contributed by atoms with E-state index in [1.54, 1.807) is 35.8 Å². The van der Waals surface area contributed by atoms with Gasteiger partial charge in [0.15, 0.2) is 0 Å². The Labute approximate surface area is 146 Å². The molecule has 1 amide bonds. The number of hydrogen-bond acceptors (Lipinski definition) is 2. The lowest BCUT2D eigenvalue weighted by Crippen LogP contribution is -2.21. The highest BCUT2D eigenvalue weighted by Crippen LogP contribution is 2.27. The molecule has 0 aliphatic heterocycles. The summed E-state index contributed by atoms with van der Waals surface area (Å²) in [5.74, 6) is -0.0469. The van der Waals surface area contributed by atoms with Gasteiger partial charge in [-0.25, -0.2) is 0 Å². The van der Waals surface area contributed by atoms with E-state index in [-0.39, 0.29) is 11.5 Å². The van der Waals surface area contributed by atoms with E-state index < -0.39 is 0 Å². The topological polar surface area (TPSA) is 58.1 Å². The standard InChI is InChI=1S/C20H21N3O2/c1-4-5-11-23-13-17(16-9-10-21-18(16)20(23)25)14-7-6-8-15(12-14)19(24)22(2)3/h4-10,12-13,21H,11H2,1-3H3. The number of fused-ring (bicyclic) bond motifs is 1. The predicted octanol–water partition coefficient (Wildman–Crippen LogP) is 3.27. The maximum absolute atomic E-state index is 12.6. The van der Waals surface area contributed by atoms with Crippen molar-refractivity contribution in [2.24, 2.45) is 0 Å². The third-order valence-corrected chi connectivity index (χ3v) is 4.16. The van der Waals surface area contributed by atoms with Crippen molar-refractivity contribution in [2.45, 2.75) is 13.5 Å². The summed E-state index contributed by atoms with van der Waals surface area (Å²) in [4.78, 5) is 29.4. The summed E-state index contributed by atoms with van der Waals surface area (Å²) in [6.07, 6.45) is 7.48. The monoisotopic (exact) mass is 335 g/mol. The fraction of sp³-hybridized carbons (Fsp3) is 0.200. The summed E-state index contributed by atoms with van der Waals surface area (Å²) in [6, 6.07) is 9.39. The van der Waals surface area contributed by atoms with Crippen molar-refractivity contribution in [1.82, 2.24) is 14.5 Å². The first-order valence-corrected chi connectivity index (χ1v) is 8.16. The SMILES string of the molecule is CC=CCn1cc(-c2cccc(C(=O)N(C)C)c2)c2cc[nH]c2c1=O. The van der Waals surface area contributed by atoms with Crippen LogP contribution in [0.2, 0.25) is 0 Å². The molecule has 0 radical (unpaired) electrons. The van der Waals surface area contributed by atoms with Crippen molar-refractivity contribution in [3.05, 3.63) is 70.8 Å². The Morgan fingerprint density at radius 3 is 2.80 bits per heavy atom. The third kappa shape index (κ3) is 3.13. The van der Waals surface area contributed by atoms with Crippen LogP contribution in [-0.4, -0.2) is 34.5 Å². The highest BCUT2D eigenvalue weighted by Gasteiger charge is 2.13. The van der Waals surface area contributed by atoms with Crippen LogP contribution in [0.3, 0.4) is 0 Å². The molecule has 0 atom stereocenters. The van der Waals surface area contributed by atoms with Gasteiger partial charge in [-0.2, -0.15) is 0 Å². The van der Waals surface area contributed by atoms with Gasteiger partial charge in [-0.3, -0.25) is 9.59 Å². The van der Waals surface area contributed by atoms with Crippen molar-refractivity contribution in [1.29, 1.82) is 0 Å². The fourth-order valence-corrected chi connectivity index (χ4v) is 2.86. The number of H-pyrrole nitrogens is 1. The van der Waals surface area contributed by atoms with Crippen LogP contribution in [0.5, 0.6) is 0 Å². The van der Waals surface area contributed by atoms with E-state index in [1.807, 2.05) is 49.5 Å². The number of nitrogens with zero attached hydrogens (tertiary/aromatic N) is 2. The van der Waals surface area contributed by atoms with Gasteiger partial charge in [0, 0.05) is 49.5 Å². The molecule has 3 rings (SSSR count). The van der Waals surface area contributed by atoms with Crippen LogP contribution in [0.1, 0.15) is 17.3 Å². The Hall–Kier alpha value is -3.08. The average Bonchev–Trinajstić information content (AvgIpc) is 3.11. The van der Waals surface area contributed by atoms with Crippen LogP contribution in [0, 0.1) is 0 Å². The van der Waals surface area contributed by atoms with E-state index >= 15 is 0 Å². The van der Waals surface area contributed by atoms with Crippen molar-refractivity contribution in [3.8, 4) is 11.1 Å². The highest BCUT2D eigenvalue weighted by molar-refractivity contribution is 5.98. The zero-order chi connectivity index (χ0) is 18.0. The smallest absolute Gasteiger partial charge is 0.275 e. The Morgan fingerprint density at radius 1 is 1.28 bits per heavy atom. The molecule has 0 saturated heterocycles. The molecule has 0 spiro atoms. The van der Waals surface area contributed by atoms with E-state index in [4.69, 9.17) is 0 Å². The first kappa shape index (κ1) is 16.8. The summed E-state index contributed by atoms with van der Waals surface area (Å²) in [6.45, 7) is 2.43. The van der Waals surface area contributed by atoms with Gasteiger partial charge >= 0.3 is 0 Å². The van der Waals surface area contributed by atoms with Gasteiger partial charge in [0.2, 0.25) is 0 Å². The normalized spacial score (nSPS) is 11.3. The molecule has 3 aromatic rings. The van der Waals surface area contributed by atoms with Gasteiger partial charge in [0.05, 0.1) is 0 Å². The lowest BCUT2D eigenvalue weighted by atomic mass is 10.0. The molecule has 5 heteroatoms. The summed E-state index contributed by atoms with van der Waals surface area (Å²) >= 11 is 0. The van der Waals surface area contributed by atoms with Gasteiger partial charge < -0.3 is 14.5 Å². The van der Waals surface area contributed by atoms with Crippen molar-refractivity contribution >= 4 is 16.8 Å². The summed E-state index contributed by atoms with van der Waals surface area (Å²) < 4.78 is 1.68. The zero-order valence-corrected chi connectivity index (χ0v) is 14.6. The number of allylic oxidation sites excluding steroid dienone is 2. The largest absolute Gasteiger partial charge is 0.357 e. The van der Waals surface area contributed by atoms with Crippen molar-refractivity contribution in [2.75, 3.05) is 14.1 Å². The lowest BCUT2D eigenvalue weighted by molar-refractivity contribution is 0.0827. The highest BCUT2D eigenvalue weighted by atomic mass is 16.2. The zero-order valence-electron chi connectivity index (χ0n) is 14.6. The van der Waals surface area contributed by atoms with Crippen LogP contribution in [-0.2, 0) is 6.54 Å². The van der Waals surface area contributed by atoms with Crippen LogP contribution in [0.4, 0.5) is 0 Å². The van der Waals surface area contributed by atoms with Gasteiger partial charge in [0.25, 0.3) is 11.5 Å². The number of aromatic amines is 1. The minimum Gasteiger partial charge on any atom is -0.357 e. The van der Waals surface area contributed by atoms with Crippen LogP contribution >= 0.6 is 0 Å². The average molecular weight is 335 g/mol. The second-order valence-electron chi connectivity index (χ2n) is 6.12. The predicted molar refractivity (Wildman–Crippen MR) is 101 cm³/mol. The minimum absolute atomic E-state index is 0.0469. The molecule has 0 fully saturated rings. The molecule has 2 aromatic heterocycles. The molecule has 5 nitrogen and oxygen atoms in total. The number of benzene rings is 1. The van der Waals surface area contributed by atoms with Gasteiger partial charge in [-0.15, -0.1) is 0 Å². The number of aromatic nitrogens is 2. The molecular weight excluding hydrogens is 314 g/mol. The summed E-state index contributed by atoms with van der Waals surface area (Å²) in [7, 11) is 3.47. The number of pyridine rings is 1. The molecule has 0 unspecified atom stereocenters. The number of hydrogen-bond donors (Lipinski definition) is 1. The van der Waals surface area contributed by atoms with Crippen LogP contribution < -0.4 is 5.56 Å². The maximum Gasteiger partial charge on any atom is 0.275 e. The molecule has 1 aromatic carbocycles. The lowest BCUT2D eigenvalue weighted by Gasteiger charge is -2.13. The molecule has 2 heterocycles. The first-order valence-electron chi connectivity index (χ1n) is 8.16. The molecule has 0 aliphatic rings. The third-order valence-electron chi connectivity index (χ3n) is 4.16. The molecule has 0 aliphatic carbocycles. The van der Waals surface area contributed by atoms with E-state index in [9.17, 15) is 9.59 Å². The molecular formula is C20H21N3O2. The number of carbonyl (C=O) groups is 1. The molecule has 128 valence electrons. The Kier molecular flexibility index (Phi) is 4.57. The Bertz CT molecular complexity index is 1010. The quantitative estimate of drug-likeness (QED) is 0.744. The van der Waals surface area contributed by atoms with Gasteiger partial charge in [-0.05, 0) is 30.7 Å². The Balaban J connectivity index is 2.20. The number of amides is 1. The maximum atomic E-state index is 12.6.